The van der Waals surface area contributed by atoms with Gasteiger partial charge in [-0.2, -0.15) is 0 Å². The first kappa shape index (κ1) is 11.5. The van der Waals surface area contributed by atoms with Crippen molar-refractivity contribution < 1.29 is 4.79 Å². The highest BCUT2D eigenvalue weighted by atomic mass is 32.1. The van der Waals surface area contributed by atoms with Gasteiger partial charge in [-0.3, -0.25) is 4.79 Å². The van der Waals surface area contributed by atoms with Crippen LogP contribution in [0, 0.1) is 6.92 Å². The molecule has 0 saturated heterocycles. The fourth-order valence-corrected chi connectivity index (χ4v) is 1.64. The molecule has 1 amide bonds. The van der Waals surface area contributed by atoms with E-state index in [1.165, 1.54) is 11.3 Å². The van der Waals surface area contributed by atoms with E-state index in [1.807, 2.05) is 6.92 Å². The highest BCUT2D eigenvalue weighted by Crippen LogP contribution is 2.10. The monoisotopic (exact) mass is 225 g/mol. The average Bonchev–Trinajstić information content (AvgIpc) is 2.64. The number of nitrogens with zero attached hydrogens (tertiary/aromatic N) is 4. The molecule has 0 fully saturated rings. The van der Waals surface area contributed by atoms with Gasteiger partial charge in [-0.15, -0.1) is 11.3 Å². The zero-order valence-corrected chi connectivity index (χ0v) is 9.12. The second-order valence-electron chi connectivity index (χ2n) is 2.81. The van der Waals surface area contributed by atoms with Gasteiger partial charge in [0.2, 0.25) is 0 Å². The van der Waals surface area contributed by atoms with Crippen molar-refractivity contribution in [1.29, 1.82) is 0 Å². The van der Waals surface area contributed by atoms with Gasteiger partial charge in [0, 0.05) is 18.0 Å². The summed E-state index contributed by atoms with van der Waals surface area (Å²) in [6.07, 6.45) is 2.20. The largest absolute Gasteiger partial charge is 0.351 e. The van der Waals surface area contributed by atoms with Crippen LogP contribution in [0.3, 0.4) is 0 Å². The van der Waals surface area contributed by atoms with E-state index < -0.39 is 0 Å². The zero-order valence-electron chi connectivity index (χ0n) is 8.30. The minimum atomic E-state index is -0.124. The molecule has 0 aliphatic carbocycles. The Morgan fingerprint density at radius 1 is 1.80 bits per heavy atom. The zero-order chi connectivity index (χ0) is 11.1. The highest BCUT2D eigenvalue weighted by molar-refractivity contribution is 7.13. The molecule has 1 N–H and O–H groups in total. The Labute approximate surface area is 91.0 Å². The SMILES string of the molecule is Cc1ncc(C(=O)NCCCN=[N+]=[N-])s1. The van der Waals surface area contributed by atoms with Gasteiger partial charge in [0.05, 0.1) is 11.2 Å². The van der Waals surface area contributed by atoms with Gasteiger partial charge in [-0.25, -0.2) is 4.98 Å². The normalized spacial score (nSPS) is 9.40. The fourth-order valence-electron chi connectivity index (χ4n) is 0.950. The summed E-state index contributed by atoms with van der Waals surface area (Å²) in [4.78, 5) is 18.7. The van der Waals surface area contributed by atoms with Gasteiger partial charge in [-0.1, -0.05) is 5.11 Å². The van der Waals surface area contributed by atoms with E-state index in [1.54, 1.807) is 6.20 Å². The second-order valence-corrected chi connectivity index (χ2v) is 4.04. The van der Waals surface area contributed by atoms with Crippen LogP contribution in [0.15, 0.2) is 11.3 Å². The molecule has 0 radical (unpaired) electrons. The fraction of sp³-hybridized carbons (Fsp3) is 0.500. The number of nitrogens with one attached hydrogen (secondary N) is 1. The van der Waals surface area contributed by atoms with Crippen molar-refractivity contribution >= 4 is 17.2 Å². The molecular weight excluding hydrogens is 214 g/mol. The Morgan fingerprint density at radius 2 is 2.60 bits per heavy atom. The van der Waals surface area contributed by atoms with Crippen LogP contribution < -0.4 is 5.32 Å². The summed E-state index contributed by atoms with van der Waals surface area (Å²) in [5, 5.41) is 6.95. The number of carbonyl (C=O) groups excluding carboxylic acids is 1. The topological polar surface area (TPSA) is 90.8 Å². The van der Waals surface area contributed by atoms with E-state index in [4.69, 9.17) is 5.53 Å². The molecule has 1 rings (SSSR count). The van der Waals surface area contributed by atoms with Gasteiger partial charge < -0.3 is 5.32 Å². The molecule has 0 saturated carbocycles. The molecule has 0 aliphatic heterocycles. The Kier molecular flexibility index (Phi) is 4.59. The molecule has 7 heteroatoms. The van der Waals surface area contributed by atoms with E-state index in [0.29, 0.717) is 24.4 Å². The van der Waals surface area contributed by atoms with Gasteiger partial charge in [-0.05, 0) is 18.9 Å². The Bertz CT molecular complexity index is 382. The summed E-state index contributed by atoms with van der Waals surface area (Å²) in [5.41, 5.74) is 8.02. The van der Waals surface area contributed by atoms with E-state index in [9.17, 15) is 4.79 Å². The van der Waals surface area contributed by atoms with E-state index in [-0.39, 0.29) is 5.91 Å². The standard InChI is InChI=1S/C8H11N5OS/c1-6-11-5-7(15-6)8(14)10-3-2-4-12-13-9/h5H,2-4H2,1H3,(H,10,14). The highest BCUT2D eigenvalue weighted by Gasteiger charge is 2.07. The summed E-state index contributed by atoms with van der Waals surface area (Å²) < 4.78 is 0. The number of thiazole rings is 1. The Balaban J connectivity index is 2.27. The number of aryl methyl sites for hydroxylation is 1. The van der Waals surface area contributed by atoms with Crippen LogP contribution in [0.1, 0.15) is 21.1 Å². The minimum absolute atomic E-state index is 0.124. The number of hydrogen-bond donors (Lipinski definition) is 1. The summed E-state index contributed by atoms with van der Waals surface area (Å²) in [7, 11) is 0. The van der Waals surface area contributed by atoms with Gasteiger partial charge in [0.15, 0.2) is 0 Å². The number of hydrogen-bond acceptors (Lipinski definition) is 4. The van der Waals surface area contributed by atoms with Crippen LogP contribution in [-0.2, 0) is 0 Å². The number of carbonyl (C=O) groups is 1. The third-order valence-electron chi connectivity index (χ3n) is 1.63. The molecule has 0 bridgehead atoms. The first-order valence-corrected chi connectivity index (χ1v) is 5.27. The second kappa shape index (κ2) is 6.00. The molecule has 80 valence electrons. The molecule has 15 heavy (non-hydrogen) atoms. The van der Waals surface area contributed by atoms with E-state index >= 15 is 0 Å². The minimum Gasteiger partial charge on any atom is -0.351 e. The van der Waals surface area contributed by atoms with Crippen LogP contribution in [0.4, 0.5) is 0 Å². The lowest BCUT2D eigenvalue weighted by atomic mass is 10.4. The maximum atomic E-state index is 11.4. The van der Waals surface area contributed by atoms with Crippen LogP contribution in [-0.4, -0.2) is 24.0 Å². The smallest absolute Gasteiger partial charge is 0.263 e. The molecule has 0 aromatic carbocycles. The first-order chi connectivity index (χ1) is 7.24. The molecular formula is C8H11N5OS. The van der Waals surface area contributed by atoms with Crippen LogP contribution in [0.5, 0.6) is 0 Å². The molecule has 0 aliphatic rings. The molecule has 1 aromatic heterocycles. The Morgan fingerprint density at radius 3 is 3.20 bits per heavy atom. The number of aromatic nitrogens is 1. The summed E-state index contributed by atoms with van der Waals surface area (Å²) >= 11 is 1.36. The van der Waals surface area contributed by atoms with Crippen molar-refractivity contribution in [2.45, 2.75) is 13.3 Å². The lowest BCUT2D eigenvalue weighted by molar-refractivity contribution is 0.0957. The predicted molar refractivity (Wildman–Crippen MR) is 57.8 cm³/mol. The van der Waals surface area contributed by atoms with Crippen LogP contribution in [0.2, 0.25) is 0 Å². The molecule has 6 nitrogen and oxygen atoms in total. The van der Waals surface area contributed by atoms with E-state index in [0.717, 1.165) is 5.01 Å². The molecule has 0 atom stereocenters. The van der Waals surface area contributed by atoms with Crippen molar-refractivity contribution in [3.63, 3.8) is 0 Å². The summed E-state index contributed by atoms with van der Waals surface area (Å²) in [6, 6.07) is 0. The lowest BCUT2D eigenvalue weighted by Gasteiger charge is -2.00. The third kappa shape index (κ3) is 3.97. The Hall–Kier alpha value is -1.59. The molecule has 0 unspecified atom stereocenters. The number of azide groups is 1. The maximum Gasteiger partial charge on any atom is 0.263 e. The first-order valence-electron chi connectivity index (χ1n) is 4.45. The molecule has 1 heterocycles. The summed E-state index contributed by atoms with van der Waals surface area (Å²) in [5.74, 6) is -0.124. The quantitative estimate of drug-likeness (QED) is 0.358. The maximum absolute atomic E-state index is 11.4. The van der Waals surface area contributed by atoms with Crippen LogP contribution in [0.25, 0.3) is 10.4 Å². The van der Waals surface area contributed by atoms with Gasteiger partial charge in [0.1, 0.15) is 4.88 Å². The van der Waals surface area contributed by atoms with Crippen molar-refractivity contribution in [3.05, 3.63) is 26.5 Å². The number of amides is 1. The summed E-state index contributed by atoms with van der Waals surface area (Å²) in [6.45, 7) is 2.76. The lowest BCUT2D eigenvalue weighted by Crippen LogP contribution is -2.23. The van der Waals surface area contributed by atoms with Crippen LogP contribution >= 0.6 is 11.3 Å². The predicted octanol–water partition coefficient (Wildman–Crippen LogP) is 1.88. The van der Waals surface area contributed by atoms with Crippen molar-refractivity contribution in [2.24, 2.45) is 5.11 Å². The molecule has 0 spiro atoms. The molecule has 1 aromatic rings. The van der Waals surface area contributed by atoms with Crippen molar-refractivity contribution in [1.82, 2.24) is 10.3 Å². The van der Waals surface area contributed by atoms with Crippen molar-refractivity contribution in [2.75, 3.05) is 13.1 Å². The van der Waals surface area contributed by atoms with E-state index in [2.05, 4.69) is 20.3 Å². The van der Waals surface area contributed by atoms with Gasteiger partial charge in [0.25, 0.3) is 5.91 Å². The third-order valence-corrected chi connectivity index (χ3v) is 2.54. The number of rotatable bonds is 5. The average molecular weight is 225 g/mol. The van der Waals surface area contributed by atoms with Gasteiger partial charge >= 0.3 is 0 Å². The van der Waals surface area contributed by atoms with Crippen molar-refractivity contribution in [3.8, 4) is 0 Å².